The minimum atomic E-state index is -1.63. The molecule has 0 spiro atoms. The number of ether oxygens (including phenoxy) is 2. The predicted octanol–water partition coefficient (Wildman–Crippen LogP) is 6.04. The third-order valence-corrected chi connectivity index (χ3v) is 7.48. The number of hydrogen-bond donors (Lipinski definition) is 1. The van der Waals surface area contributed by atoms with Gasteiger partial charge in [0.2, 0.25) is 3.79 Å². The van der Waals surface area contributed by atoms with E-state index >= 15 is 0 Å². The summed E-state index contributed by atoms with van der Waals surface area (Å²) in [5.41, 5.74) is 4.90. The molecule has 2 atom stereocenters. The first-order valence-electron chi connectivity index (χ1n) is 11.0. The number of benzene rings is 2. The van der Waals surface area contributed by atoms with Crippen LogP contribution in [0.25, 0.3) is 10.9 Å². The second-order valence-corrected chi connectivity index (χ2v) is 11.5. The fraction of sp³-hybridized carbons (Fsp3) is 0.400. The Bertz CT molecular complexity index is 1190. The molecular formula is C25H25Cl3N2O3. The molecular weight excluding hydrogens is 483 g/mol. The van der Waals surface area contributed by atoms with Gasteiger partial charge in [0.15, 0.2) is 0 Å². The van der Waals surface area contributed by atoms with Gasteiger partial charge in [0.1, 0.15) is 12.4 Å². The van der Waals surface area contributed by atoms with Crippen molar-refractivity contribution in [2.75, 3.05) is 26.8 Å². The van der Waals surface area contributed by atoms with Crippen molar-refractivity contribution in [1.82, 2.24) is 9.88 Å². The van der Waals surface area contributed by atoms with Crippen molar-refractivity contribution in [3.05, 3.63) is 65.4 Å². The Hall–Kier alpha value is -2.08. The number of fused-ring (bicyclic) bond motifs is 4. The fourth-order valence-corrected chi connectivity index (χ4v) is 5.74. The lowest BCUT2D eigenvalue weighted by Crippen LogP contribution is -2.55. The van der Waals surface area contributed by atoms with Gasteiger partial charge in [-0.05, 0) is 54.5 Å². The quantitative estimate of drug-likeness (QED) is 0.440. The number of methoxy groups -OCH3 is 1. The number of para-hydroxylation sites is 1. The van der Waals surface area contributed by atoms with Crippen LogP contribution in [0.15, 0.2) is 48.5 Å². The summed E-state index contributed by atoms with van der Waals surface area (Å²) < 4.78 is 9.20. The number of halogens is 3. The number of aromatic amines is 1. The maximum Gasteiger partial charge on any atom is 0.409 e. The minimum Gasteiger partial charge on any atom is -0.497 e. The average molecular weight is 508 g/mol. The van der Waals surface area contributed by atoms with Crippen LogP contribution in [0.1, 0.15) is 23.2 Å². The zero-order valence-corrected chi connectivity index (χ0v) is 20.5. The van der Waals surface area contributed by atoms with E-state index in [0.29, 0.717) is 13.1 Å². The maximum atomic E-state index is 12.8. The van der Waals surface area contributed by atoms with E-state index < -0.39 is 9.89 Å². The first-order valence-corrected chi connectivity index (χ1v) is 12.1. The van der Waals surface area contributed by atoms with E-state index in [2.05, 4.69) is 41.4 Å². The highest BCUT2D eigenvalue weighted by molar-refractivity contribution is 6.67. The van der Waals surface area contributed by atoms with Crippen LogP contribution in [0.4, 0.5) is 4.79 Å². The van der Waals surface area contributed by atoms with Gasteiger partial charge in [-0.25, -0.2) is 4.79 Å². The van der Waals surface area contributed by atoms with Crippen molar-refractivity contribution in [2.45, 2.75) is 28.5 Å². The molecule has 2 heterocycles. The van der Waals surface area contributed by atoms with Gasteiger partial charge in [-0.3, -0.25) is 0 Å². The van der Waals surface area contributed by atoms with Crippen LogP contribution in [0, 0.1) is 5.92 Å². The molecule has 2 aliphatic rings. The number of rotatable bonds is 3. The van der Waals surface area contributed by atoms with Crippen molar-refractivity contribution in [3.8, 4) is 5.75 Å². The molecule has 0 saturated carbocycles. The second kappa shape index (κ2) is 8.61. The summed E-state index contributed by atoms with van der Waals surface area (Å²) in [6.45, 7) is 0.877. The van der Waals surface area contributed by atoms with Crippen molar-refractivity contribution >= 4 is 51.8 Å². The Morgan fingerprint density at radius 2 is 2.03 bits per heavy atom. The minimum absolute atomic E-state index is 0.117. The summed E-state index contributed by atoms with van der Waals surface area (Å²) in [6.07, 6.45) is 2.12. The van der Waals surface area contributed by atoms with E-state index in [-0.39, 0.29) is 17.9 Å². The molecule has 1 aliphatic heterocycles. The molecule has 1 unspecified atom stereocenters. The number of hydrogen-bond acceptors (Lipinski definition) is 3. The lowest BCUT2D eigenvalue weighted by molar-refractivity contribution is 0.0539. The Morgan fingerprint density at radius 3 is 2.82 bits per heavy atom. The number of likely N-dealkylation sites (tertiary alicyclic amines) is 1. The zero-order chi connectivity index (χ0) is 23.2. The predicted molar refractivity (Wildman–Crippen MR) is 132 cm³/mol. The fourth-order valence-electron chi connectivity index (χ4n) is 5.58. The number of carbonyl (C=O) groups is 1. The topological polar surface area (TPSA) is 54.6 Å². The van der Waals surface area contributed by atoms with Crippen molar-refractivity contribution in [3.63, 3.8) is 0 Å². The summed E-state index contributed by atoms with van der Waals surface area (Å²) in [4.78, 5) is 18.2. The number of alkyl halides is 3. The lowest BCUT2D eigenvalue weighted by atomic mass is 9.59. The highest BCUT2D eigenvalue weighted by Crippen LogP contribution is 2.49. The monoisotopic (exact) mass is 506 g/mol. The normalized spacial score (nSPS) is 22.5. The molecule has 174 valence electrons. The van der Waals surface area contributed by atoms with Gasteiger partial charge in [0.25, 0.3) is 0 Å². The van der Waals surface area contributed by atoms with E-state index in [9.17, 15) is 4.79 Å². The standard InChI is InChI=1S/C25H25Cl3N2O3/c1-32-18-6-4-5-16(11-18)24-9-10-30(23(31)33-15-25(26,27)28)14-17(24)12-20-19-7-2-3-8-21(19)29-22(20)13-24/h2-8,11,17,29H,9-10,12-15H2,1H3/t17?,24-/m1/s1. The number of aromatic nitrogens is 1. The molecule has 1 N–H and O–H groups in total. The van der Waals surface area contributed by atoms with Gasteiger partial charge >= 0.3 is 6.09 Å². The Morgan fingerprint density at radius 1 is 1.21 bits per heavy atom. The first-order chi connectivity index (χ1) is 15.8. The molecule has 2 aromatic carbocycles. The van der Waals surface area contributed by atoms with Crippen LogP contribution in [0.5, 0.6) is 5.75 Å². The molecule has 0 radical (unpaired) electrons. The van der Waals surface area contributed by atoms with E-state index in [0.717, 1.165) is 30.5 Å². The Balaban J connectivity index is 1.51. The summed E-state index contributed by atoms with van der Waals surface area (Å²) in [5.74, 6) is 1.05. The van der Waals surface area contributed by atoms with Gasteiger partial charge in [-0.2, -0.15) is 0 Å². The summed E-state index contributed by atoms with van der Waals surface area (Å²) in [6, 6.07) is 16.7. The number of piperidine rings is 1. The molecule has 1 aromatic heterocycles. The highest BCUT2D eigenvalue weighted by Gasteiger charge is 2.49. The number of H-pyrrole nitrogens is 1. The molecule has 0 bridgehead atoms. The van der Waals surface area contributed by atoms with Crippen molar-refractivity contribution in [1.29, 1.82) is 0 Å². The second-order valence-electron chi connectivity index (χ2n) is 8.96. The Labute approximate surface area is 207 Å². The number of nitrogens with zero attached hydrogens (tertiary/aromatic N) is 1. The molecule has 3 aromatic rings. The van der Waals surface area contributed by atoms with Crippen LogP contribution < -0.4 is 4.74 Å². The molecule has 1 aliphatic carbocycles. The van der Waals surface area contributed by atoms with Gasteiger partial charge in [-0.15, -0.1) is 0 Å². The van der Waals surface area contributed by atoms with E-state index in [1.807, 2.05) is 12.1 Å². The number of amides is 1. The highest BCUT2D eigenvalue weighted by atomic mass is 35.6. The lowest BCUT2D eigenvalue weighted by Gasteiger charge is -2.50. The molecule has 33 heavy (non-hydrogen) atoms. The average Bonchev–Trinajstić information content (AvgIpc) is 3.17. The van der Waals surface area contributed by atoms with Crippen LogP contribution in [-0.4, -0.2) is 46.6 Å². The van der Waals surface area contributed by atoms with Crippen LogP contribution in [-0.2, 0) is 23.0 Å². The van der Waals surface area contributed by atoms with Gasteiger partial charge in [0.05, 0.1) is 7.11 Å². The number of nitrogens with one attached hydrogen (secondary N) is 1. The SMILES string of the molecule is COc1cccc([C@]23CCN(C(=O)OCC(Cl)(Cl)Cl)CC2Cc2c([nH]c4ccccc24)C3)c1. The first kappa shape index (κ1) is 22.7. The maximum absolute atomic E-state index is 12.8. The summed E-state index contributed by atoms with van der Waals surface area (Å²) in [7, 11) is 1.69. The molecule has 5 nitrogen and oxygen atoms in total. The smallest absolute Gasteiger partial charge is 0.409 e. The largest absolute Gasteiger partial charge is 0.497 e. The van der Waals surface area contributed by atoms with Crippen molar-refractivity contribution in [2.24, 2.45) is 5.92 Å². The van der Waals surface area contributed by atoms with Gasteiger partial charge < -0.3 is 19.4 Å². The third kappa shape index (κ3) is 4.27. The van der Waals surface area contributed by atoms with Gasteiger partial charge in [-0.1, -0.05) is 65.1 Å². The molecule has 5 rings (SSSR count). The summed E-state index contributed by atoms with van der Waals surface area (Å²) >= 11 is 17.3. The molecule has 1 amide bonds. The van der Waals surface area contributed by atoms with E-state index in [4.69, 9.17) is 44.3 Å². The van der Waals surface area contributed by atoms with E-state index in [1.54, 1.807) is 12.0 Å². The van der Waals surface area contributed by atoms with Crippen LogP contribution in [0.2, 0.25) is 0 Å². The van der Waals surface area contributed by atoms with Crippen LogP contribution in [0.3, 0.4) is 0 Å². The number of carbonyl (C=O) groups excluding carboxylic acids is 1. The molecule has 8 heteroatoms. The zero-order valence-electron chi connectivity index (χ0n) is 18.2. The van der Waals surface area contributed by atoms with Crippen molar-refractivity contribution < 1.29 is 14.3 Å². The summed E-state index contributed by atoms with van der Waals surface area (Å²) in [5, 5.41) is 1.25. The van der Waals surface area contributed by atoms with Crippen LogP contribution >= 0.6 is 34.8 Å². The van der Waals surface area contributed by atoms with E-state index in [1.165, 1.54) is 22.2 Å². The third-order valence-electron chi connectivity index (χ3n) is 7.16. The van der Waals surface area contributed by atoms with Gasteiger partial charge in [0, 0.05) is 35.1 Å². The molecule has 1 saturated heterocycles. The Kier molecular flexibility index (Phi) is 5.92. The molecule has 1 fully saturated rings.